The van der Waals surface area contributed by atoms with Crippen LogP contribution in [0.15, 0.2) is 12.3 Å². The summed E-state index contributed by atoms with van der Waals surface area (Å²) < 4.78 is 0. The molecule has 1 aromatic heterocycles. The van der Waals surface area contributed by atoms with Gasteiger partial charge in [0.1, 0.15) is 0 Å². The molecule has 0 aliphatic carbocycles. The first kappa shape index (κ1) is 6.61. The van der Waals surface area contributed by atoms with Gasteiger partial charge in [-0.3, -0.25) is 0 Å². The van der Waals surface area contributed by atoms with Gasteiger partial charge in [-0.05, 0) is 25.5 Å². The zero-order chi connectivity index (χ0) is 7.84. The number of nitrogens with zero attached hydrogens (tertiary/aromatic N) is 1. The molecule has 3 nitrogen and oxygen atoms in total. The molecule has 58 valence electrons. The first-order valence-electron chi connectivity index (χ1n) is 3.66. The van der Waals surface area contributed by atoms with Crippen LogP contribution in [0.4, 0.5) is 0 Å². The molecule has 0 amide bonds. The zero-order valence-electron chi connectivity index (χ0n) is 6.59. The molecule has 1 aliphatic rings. The van der Waals surface area contributed by atoms with E-state index >= 15 is 0 Å². The number of hydrogen-bond acceptors (Lipinski definition) is 3. The van der Waals surface area contributed by atoms with Crippen molar-refractivity contribution in [1.29, 1.82) is 0 Å². The van der Waals surface area contributed by atoms with Gasteiger partial charge in [-0.25, -0.2) is 4.98 Å². The minimum atomic E-state index is 0.261. The van der Waals surface area contributed by atoms with Crippen LogP contribution in [0.5, 0.6) is 5.88 Å². The number of fused-ring (bicyclic) bond motifs is 1. The van der Waals surface area contributed by atoms with Crippen LogP contribution in [0.1, 0.15) is 24.1 Å². The Morgan fingerprint density at radius 1 is 1.64 bits per heavy atom. The summed E-state index contributed by atoms with van der Waals surface area (Å²) in [6, 6.07) is 2.35. The topological polar surface area (TPSA) is 34.2 Å². The molecule has 1 unspecified atom stereocenters. The molecule has 0 spiro atoms. The Morgan fingerprint density at radius 2 is 2.45 bits per heavy atom. The summed E-state index contributed by atoms with van der Waals surface area (Å²) in [5, 5.41) is 0. The smallest absolute Gasteiger partial charge is 0.242 e. The third kappa shape index (κ3) is 0.973. The molecule has 1 aliphatic heterocycles. The van der Waals surface area contributed by atoms with Gasteiger partial charge in [-0.1, -0.05) is 0 Å². The van der Waals surface area contributed by atoms with Crippen LogP contribution < -0.4 is 10.3 Å². The second-order valence-electron chi connectivity index (χ2n) is 2.85. The molecule has 1 atom stereocenters. The Labute approximate surface area is 65.4 Å². The summed E-state index contributed by atoms with van der Waals surface area (Å²) in [4.78, 5) is 9.23. The van der Waals surface area contributed by atoms with Gasteiger partial charge < -0.3 is 4.84 Å². The maximum Gasteiger partial charge on any atom is 0.242 e. The fourth-order valence-electron chi connectivity index (χ4n) is 1.18. The van der Waals surface area contributed by atoms with Gasteiger partial charge in [0.05, 0.1) is 6.04 Å². The van der Waals surface area contributed by atoms with Crippen LogP contribution in [-0.2, 0) is 0 Å². The summed E-state index contributed by atoms with van der Waals surface area (Å²) >= 11 is 0. The Hall–Kier alpha value is -1.09. The van der Waals surface area contributed by atoms with E-state index in [1.54, 1.807) is 6.20 Å². The lowest BCUT2D eigenvalue weighted by atomic mass is 10.1. The first-order chi connectivity index (χ1) is 5.27. The highest BCUT2D eigenvalue weighted by molar-refractivity contribution is 5.33. The van der Waals surface area contributed by atoms with Crippen molar-refractivity contribution in [2.75, 3.05) is 0 Å². The molecule has 2 rings (SSSR count). The van der Waals surface area contributed by atoms with Crippen LogP contribution in [-0.4, -0.2) is 4.98 Å². The molecule has 3 heteroatoms. The molecule has 1 N–H and O–H groups in total. The fraction of sp³-hybridized carbons (Fsp3) is 0.375. The molecule has 0 fully saturated rings. The largest absolute Gasteiger partial charge is 0.387 e. The Bertz CT molecular complexity index is 285. The van der Waals surface area contributed by atoms with Crippen molar-refractivity contribution in [3.8, 4) is 5.88 Å². The minimum Gasteiger partial charge on any atom is -0.387 e. The monoisotopic (exact) mass is 150 g/mol. The second kappa shape index (κ2) is 2.20. The summed E-state index contributed by atoms with van der Waals surface area (Å²) in [6.07, 6.45) is 1.80. The Kier molecular flexibility index (Phi) is 1.32. The van der Waals surface area contributed by atoms with Crippen LogP contribution in [0.2, 0.25) is 0 Å². The lowest BCUT2D eigenvalue weighted by molar-refractivity contribution is 0.193. The van der Waals surface area contributed by atoms with Crippen molar-refractivity contribution in [3.63, 3.8) is 0 Å². The molecular weight excluding hydrogens is 140 g/mol. The average Bonchev–Trinajstić information content (AvgIpc) is 2.33. The number of hydrogen-bond donors (Lipinski definition) is 1. The van der Waals surface area contributed by atoms with E-state index in [4.69, 9.17) is 4.84 Å². The summed E-state index contributed by atoms with van der Waals surface area (Å²) in [5.74, 6) is 0.711. The van der Waals surface area contributed by atoms with E-state index < -0.39 is 0 Å². The van der Waals surface area contributed by atoms with E-state index in [0.29, 0.717) is 5.88 Å². The van der Waals surface area contributed by atoms with E-state index in [9.17, 15) is 0 Å². The maximum atomic E-state index is 5.10. The van der Waals surface area contributed by atoms with Crippen molar-refractivity contribution < 1.29 is 4.84 Å². The number of aromatic nitrogens is 1. The number of aryl methyl sites for hydroxylation is 1. The molecular formula is C8H10N2O. The van der Waals surface area contributed by atoms with Crippen molar-refractivity contribution in [3.05, 3.63) is 23.4 Å². The highest BCUT2D eigenvalue weighted by Crippen LogP contribution is 2.27. The summed E-state index contributed by atoms with van der Waals surface area (Å²) in [5.41, 5.74) is 5.16. The lowest BCUT2D eigenvalue weighted by Gasteiger charge is -1.98. The van der Waals surface area contributed by atoms with E-state index in [0.717, 1.165) is 5.56 Å². The summed E-state index contributed by atoms with van der Waals surface area (Å²) in [7, 11) is 0. The zero-order valence-corrected chi connectivity index (χ0v) is 6.59. The molecule has 0 saturated carbocycles. The maximum absolute atomic E-state index is 5.10. The molecule has 1 aromatic rings. The van der Waals surface area contributed by atoms with Crippen LogP contribution >= 0.6 is 0 Å². The van der Waals surface area contributed by atoms with Crippen molar-refractivity contribution in [2.24, 2.45) is 0 Å². The molecule has 11 heavy (non-hydrogen) atoms. The summed E-state index contributed by atoms with van der Waals surface area (Å²) in [6.45, 7) is 4.07. The van der Waals surface area contributed by atoms with E-state index in [-0.39, 0.29) is 6.04 Å². The number of pyridine rings is 1. The van der Waals surface area contributed by atoms with Crippen molar-refractivity contribution in [2.45, 2.75) is 19.9 Å². The van der Waals surface area contributed by atoms with E-state index in [1.807, 2.05) is 13.8 Å². The standard InChI is InChI=1S/C8H10N2O/c1-5-3-7-6(2)10-11-8(7)9-4-5/h3-4,6,10H,1-2H3. The van der Waals surface area contributed by atoms with Gasteiger partial charge in [0.25, 0.3) is 0 Å². The van der Waals surface area contributed by atoms with E-state index in [1.165, 1.54) is 5.56 Å². The molecule has 0 bridgehead atoms. The van der Waals surface area contributed by atoms with Crippen molar-refractivity contribution in [1.82, 2.24) is 10.5 Å². The van der Waals surface area contributed by atoms with Gasteiger partial charge in [0, 0.05) is 11.8 Å². The average molecular weight is 150 g/mol. The number of nitrogens with one attached hydrogen (secondary N) is 1. The molecule has 0 aromatic carbocycles. The first-order valence-corrected chi connectivity index (χ1v) is 3.66. The Balaban J connectivity index is 2.52. The van der Waals surface area contributed by atoms with Crippen LogP contribution in [0, 0.1) is 6.92 Å². The highest BCUT2D eigenvalue weighted by atomic mass is 16.7. The highest BCUT2D eigenvalue weighted by Gasteiger charge is 2.20. The number of rotatable bonds is 0. The molecule has 0 saturated heterocycles. The van der Waals surface area contributed by atoms with Crippen LogP contribution in [0.25, 0.3) is 0 Å². The quantitative estimate of drug-likeness (QED) is 0.606. The predicted molar refractivity (Wildman–Crippen MR) is 41.2 cm³/mol. The fourth-order valence-corrected chi connectivity index (χ4v) is 1.18. The van der Waals surface area contributed by atoms with Crippen molar-refractivity contribution >= 4 is 0 Å². The molecule has 2 heterocycles. The third-order valence-electron chi connectivity index (χ3n) is 1.81. The molecule has 0 radical (unpaired) electrons. The SMILES string of the molecule is Cc1cnc2c(c1)C(C)NO2. The van der Waals surface area contributed by atoms with Crippen LogP contribution in [0.3, 0.4) is 0 Å². The lowest BCUT2D eigenvalue weighted by Crippen LogP contribution is -2.13. The Morgan fingerprint density at radius 3 is 3.27 bits per heavy atom. The predicted octanol–water partition coefficient (Wildman–Crippen LogP) is 1.35. The van der Waals surface area contributed by atoms with Gasteiger partial charge >= 0.3 is 0 Å². The van der Waals surface area contributed by atoms with E-state index in [2.05, 4.69) is 16.5 Å². The normalized spacial score (nSPS) is 21.1. The van der Waals surface area contributed by atoms with Gasteiger partial charge in [0.2, 0.25) is 5.88 Å². The third-order valence-corrected chi connectivity index (χ3v) is 1.81. The van der Waals surface area contributed by atoms with Gasteiger partial charge in [-0.2, -0.15) is 0 Å². The minimum absolute atomic E-state index is 0.261. The number of hydroxylamine groups is 1. The van der Waals surface area contributed by atoms with Gasteiger partial charge in [0.15, 0.2) is 0 Å². The van der Waals surface area contributed by atoms with Gasteiger partial charge in [-0.15, -0.1) is 5.48 Å². The second-order valence-corrected chi connectivity index (χ2v) is 2.85.